The highest BCUT2D eigenvalue weighted by molar-refractivity contribution is 4.87. The number of nitrogens with one attached hydrogen (secondary N) is 1. The van der Waals surface area contributed by atoms with E-state index in [-0.39, 0.29) is 0 Å². The molecule has 2 fully saturated rings. The molecule has 0 aromatic heterocycles. The van der Waals surface area contributed by atoms with Crippen molar-refractivity contribution in [3.8, 4) is 0 Å². The van der Waals surface area contributed by atoms with Crippen molar-refractivity contribution in [2.45, 2.75) is 64.5 Å². The van der Waals surface area contributed by atoms with Crippen molar-refractivity contribution in [2.75, 3.05) is 19.6 Å². The summed E-state index contributed by atoms with van der Waals surface area (Å²) in [4.78, 5) is 2.77. The van der Waals surface area contributed by atoms with Crippen LogP contribution in [-0.4, -0.2) is 36.6 Å². The fourth-order valence-electron chi connectivity index (χ4n) is 3.36. The van der Waals surface area contributed by atoms with E-state index in [0.717, 1.165) is 18.0 Å². The summed E-state index contributed by atoms with van der Waals surface area (Å²) in [6, 6.07) is 1.64. The summed E-state index contributed by atoms with van der Waals surface area (Å²) in [5.41, 5.74) is 0. The van der Waals surface area contributed by atoms with Crippen LogP contribution in [0, 0.1) is 5.92 Å². The minimum absolute atomic E-state index is 0.762. The molecule has 0 radical (unpaired) electrons. The Morgan fingerprint density at radius 2 is 2.12 bits per heavy atom. The van der Waals surface area contributed by atoms with E-state index in [2.05, 4.69) is 24.1 Å². The molecule has 0 spiro atoms. The van der Waals surface area contributed by atoms with Crippen LogP contribution in [0.5, 0.6) is 0 Å². The van der Waals surface area contributed by atoms with E-state index in [1.165, 1.54) is 58.2 Å². The van der Waals surface area contributed by atoms with Gasteiger partial charge in [-0.05, 0) is 44.7 Å². The topological polar surface area (TPSA) is 15.3 Å². The predicted octanol–water partition coefficient (Wildman–Crippen LogP) is 2.64. The van der Waals surface area contributed by atoms with E-state index in [1.54, 1.807) is 0 Å². The van der Waals surface area contributed by atoms with Crippen LogP contribution >= 0.6 is 0 Å². The van der Waals surface area contributed by atoms with E-state index >= 15 is 0 Å². The molecule has 0 amide bonds. The first-order valence-corrected chi connectivity index (χ1v) is 7.28. The van der Waals surface area contributed by atoms with Gasteiger partial charge in [0.15, 0.2) is 0 Å². The molecule has 2 aliphatic heterocycles. The molecule has 0 aliphatic carbocycles. The Kier molecular flexibility index (Phi) is 4.66. The van der Waals surface area contributed by atoms with E-state index in [1.807, 2.05) is 0 Å². The number of likely N-dealkylation sites (tertiary alicyclic amines) is 1. The molecular weight excluding hydrogens is 196 g/mol. The van der Waals surface area contributed by atoms with Gasteiger partial charge < -0.3 is 5.32 Å². The van der Waals surface area contributed by atoms with Crippen LogP contribution in [0.1, 0.15) is 52.4 Å². The maximum absolute atomic E-state index is 3.67. The summed E-state index contributed by atoms with van der Waals surface area (Å²) >= 11 is 0. The standard InChI is InChI=1S/C14H28N2/c1-3-6-13-7-4-5-10-16(13)11-14-12(2)8-9-15-14/h12-15H,3-11H2,1-2H3. The second kappa shape index (κ2) is 6.02. The third kappa shape index (κ3) is 2.98. The van der Waals surface area contributed by atoms with Crippen molar-refractivity contribution in [3.63, 3.8) is 0 Å². The van der Waals surface area contributed by atoms with Gasteiger partial charge in [0, 0.05) is 18.6 Å². The van der Waals surface area contributed by atoms with Gasteiger partial charge in [-0.2, -0.15) is 0 Å². The first-order valence-electron chi connectivity index (χ1n) is 7.28. The molecule has 3 atom stereocenters. The highest BCUT2D eigenvalue weighted by Crippen LogP contribution is 2.23. The average Bonchev–Trinajstić information content (AvgIpc) is 2.68. The SMILES string of the molecule is CCCC1CCCCN1CC1NCCC1C. The quantitative estimate of drug-likeness (QED) is 0.790. The van der Waals surface area contributed by atoms with Crippen molar-refractivity contribution in [3.05, 3.63) is 0 Å². The molecular formula is C14H28N2. The lowest BCUT2D eigenvalue weighted by Gasteiger charge is -2.38. The van der Waals surface area contributed by atoms with Crippen LogP contribution in [0.15, 0.2) is 0 Å². The molecule has 2 heterocycles. The Morgan fingerprint density at radius 3 is 2.81 bits per heavy atom. The summed E-state index contributed by atoms with van der Waals surface area (Å²) < 4.78 is 0. The average molecular weight is 224 g/mol. The van der Waals surface area contributed by atoms with Crippen LogP contribution in [0.25, 0.3) is 0 Å². The van der Waals surface area contributed by atoms with Gasteiger partial charge in [0.25, 0.3) is 0 Å². The number of nitrogens with zero attached hydrogens (tertiary/aromatic N) is 1. The summed E-state index contributed by atoms with van der Waals surface area (Å²) in [7, 11) is 0. The molecule has 2 heteroatoms. The first-order chi connectivity index (χ1) is 7.81. The van der Waals surface area contributed by atoms with E-state index in [4.69, 9.17) is 0 Å². The van der Waals surface area contributed by atoms with Crippen LogP contribution in [0.4, 0.5) is 0 Å². The van der Waals surface area contributed by atoms with E-state index in [0.29, 0.717) is 0 Å². The second-order valence-electron chi connectivity index (χ2n) is 5.76. The fraction of sp³-hybridized carbons (Fsp3) is 1.00. The maximum atomic E-state index is 3.67. The maximum Gasteiger partial charge on any atom is 0.0221 e. The van der Waals surface area contributed by atoms with Gasteiger partial charge in [-0.25, -0.2) is 0 Å². The molecule has 2 rings (SSSR count). The third-order valence-electron chi connectivity index (χ3n) is 4.50. The molecule has 94 valence electrons. The first kappa shape index (κ1) is 12.4. The zero-order valence-electron chi connectivity index (χ0n) is 11.0. The highest BCUT2D eigenvalue weighted by Gasteiger charge is 2.28. The fourth-order valence-corrected chi connectivity index (χ4v) is 3.36. The van der Waals surface area contributed by atoms with Crippen molar-refractivity contribution in [1.82, 2.24) is 10.2 Å². The lowest BCUT2D eigenvalue weighted by molar-refractivity contribution is 0.122. The molecule has 3 unspecified atom stereocenters. The Morgan fingerprint density at radius 1 is 1.25 bits per heavy atom. The summed E-state index contributed by atoms with van der Waals surface area (Å²) in [5, 5.41) is 3.67. The van der Waals surface area contributed by atoms with Crippen molar-refractivity contribution in [1.29, 1.82) is 0 Å². The number of piperidine rings is 1. The van der Waals surface area contributed by atoms with Gasteiger partial charge in [-0.15, -0.1) is 0 Å². The van der Waals surface area contributed by atoms with Crippen LogP contribution in [-0.2, 0) is 0 Å². The molecule has 2 aliphatic rings. The van der Waals surface area contributed by atoms with Crippen molar-refractivity contribution in [2.24, 2.45) is 5.92 Å². The zero-order valence-corrected chi connectivity index (χ0v) is 11.0. The van der Waals surface area contributed by atoms with Gasteiger partial charge in [0.1, 0.15) is 0 Å². The van der Waals surface area contributed by atoms with Crippen molar-refractivity contribution < 1.29 is 0 Å². The molecule has 0 bridgehead atoms. The van der Waals surface area contributed by atoms with Gasteiger partial charge in [-0.3, -0.25) is 4.90 Å². The molecule has 0 aromatic rings. The third-order valence-corrected chi connectivity index (χ3v) is 4.50. The zero-order chi connectivity index (χ0) is 11.4. The second-order valence-corrected chi connectivity index (χ2v) is 5.76. The predicted molar refractivity (Wildman–Crippen MR) is 69.7 cm³/mol. The highest BCUT2D eigenvalue weighted by atomic mass is 15.2. The van der Waals surface area contributed by atoms with Gasteiger partial charge >= 0.3 is 0 Å². The van der Waals surface area contributed by atoms with Gasteiger partial charge in [0.2, 0.25) is 0 Å². The molecule has 16 heavy (non-hydrogen) atoms. The molecule has 2 saturated heterocycles. The Balaban J connectivity index is 1.85. The van der Waals surface area contributed by atoms with Crippen LogP contribution in [0.3, 0.4) is 0 Å². The normalized spacial score (nSPS) is 36.8. The summed E-state index contributed by atoms with van der Waals surface area (Å²) in [6.07, 6.45) is 8.43. The summed E-state index contributed by atoms with van der Waals surface area (Å²) in [5.74, 6) is 0.879. The van der Waals surface area contributed by atoms with Crippen LogP contribution in [0.2, 0.25) is 0 Å². The largest absolute Gasteiger partial charge is 0.312 e. The lowest BCUT2D eigenvalue weighted by atomic mass is 9.95. The Hall–Kier alpha value is -0.0800. The number of hydrogen-bond donors (Lipinski definition) is 1. The van der Waals surface area contributed by atoms with E-state index in [9.17, 15) is 0 Å². The Labute approximate surface area is 101 Å². The molecule has 1 N–H and O–H groups in total. The lowest BCUT2D eigenvalue weighted by Crippen LogP contribution is -2.47. The minimum Gasteiger partial charge on any atom is -0.312 e. The Bertz CT molecular complexity index is 203. The van der Waals surface area contributed by atoms with E-state index < -0.39 is 0 Å². The number of hydrogen-bond acceptors (Lipinski definition) is 2. The monoisotopic (exact) mass is 224 g/mol. The van der Waals surface area contributed by atoms with Crippen LogP contribution < -0.4 is 5.32 Å². The molecule has 0 saturated carbocycles. The van der Waals surface area contributed by atoms with Crippen molar-refractivity contribution >= 4 is 0 Å². The molecule has 0 aromatic carbocycles. The number of rotatable bonds is 4. The smallest absolute Gasteiger partial charge is 0.0221 e. The minimum atomic E-state index is 0.762. The van der Waals surface area contributed by atoms with Gasteiger partial charge in [0.05, 0.1) is 0 Å². The molecule has 2 nitrogen and oxygen atoms in total. The summed E-state index contributed by atoms with van der Waals surface area (Å²) in [6.45, 7) is 8.60. The van der Waals surface area contributed by atoms with Gasteiger partial charge in [-0.1, -0.05) is 26.7 Å².